The van der Waals surface area contributed by atoms with E-state index in [0.29, 0.717) is 38.4 Å². The fourth-order valence-corrected chi connectivity index (χ4v) is 3.09. The highest BCUT2D eigenvalue weighted by molar-refractivity contribution is 5.74. The highest BCUT2D eigenvalue weighted by Crippen LogP contribution is 2.19. The molecule has 0 aliphatic carbocycles. The molecule has 2 aromatic carbocycles. The first-order valence-corrected chi connectivity index (χ1v) is 8.90. The minimum absolute atomic E-state index is 0.0667. The molecule has 1 aliphatic heterocycles. The van der Waals surface area contributed by atoms with Crippen LogP contribution in [0, 0.1) is 11.6 Å². The summed E-state index contributed by atoms with van der Waals surface area (Å²) in [7, 11) is 0. The Kier molecular flexibility index (Phi) is 6.04. The Morgan fingerprint density at radius 2 is 1.69 bits per heavy atom. The predicted molar refractivity (Wildman–Crippen MR) is 98.3 cm³/mol. The van der Waals surface area contributed by atoms with Gasteiger partial charge in [0.05, 0.1) is 0 Å². The Bertz CT molecular complexity index is 731. The summed E-state index contributed by atoms with van der Waals surface area (Å²) in [6, 6.07) is 14.0. The number of rotatable bonds is 5. The van der Waals surface area contributed by atoms with Crippen LogP contribution < -0.4 is 10.2 Å². The van der Waals surface area contributed by atoms with Crippen molar-refractivity contribution in [1.82, 2.24) is 10.2 Å². The first-order valence-electron chi connectivity index (χ1n) is 8.90. The SMILES string of the molecule is O=C(NCCCc1ccccc1)N1CCN(c2ccc(F)c(F)c2)CC1. The van der Waals surface area contributed by atoms with Gasteiger partial charge in [-0.05, 0) is 30.5 Å². The average molecular weight is 359 g/mol. The molecule has 2 aromatic rings. The monoisotopic (exact) mass is 359 g/mol. The number of piperazine rings is 1. The van der Waals surface area contributed by atoms with Gasteiger partial charge in [-0.3, -0.25) is 0 Å². The van der Waals surface area contributed by atoms with E-state index in [0.717, 1.165) is 18.9 Å². The number of urea groups is 1. The molecule has 2 amide bonds. The Morgan fingerprint density at radius 1 is 0.962 bits per heavy atom. The number of carbonyl (C=O) groups excluding carboxylic acids is 1. The van der Waals surface area contributed by atoms with Gasteiger partial charge in [-0.2, -0.15) is 0 Å². The summed E-state index contributed by atoms with van der Waals surface area (Å²) in [4.78, 5) is 16.0. The number of aryl methyl sites for hydroxylation is 1. The van der Waals surface area contributed by atoms with Crippen LogP contribution in [-0.4, -0.2) is 43.7 Å². The van der Waals surface area contributed by atoms with E-state index in [-0.39, 0.29) is 6.03 Å². The van der Waals surface area contributed by atoms with Crippen molar-refractivity contribution in [3.8, 4) is 0 Å². The van der Waals surface area contributed by atoms with Gasteiger partial charge >= 0.3 is 6.03 Å². The highest BCUT2D eigenvalue weighted by atomic mass is 19.2. The van der Waals surface area contributed by atoms with Crippen LogP contribution in [-0.2, 0) is 6.42 Å². The molecule has 0 unspecified atom stereocenters. The first-order chi connectivity index (χ1) is 12.6. The zero-order chi connectivity index (χ0) is 18.4. The quantitative estimate of drug-likeness (QED) is 0.831. The van der Waals surface area contributed by atoms with E-state index in [1.807, 2.05) is 23.1 Å². The van der Waals surface area contributed by atoms with Crippen LogP contribution in [0.3, 0.4) is 0 Å². The Morgan fingerprint density at radius 3 is 2.38 bits per heavy atom. The lowest BCUT2D eigenvalue weighted by atomic mass is 10.1. The number of hydrogen-bond donors (Lipinski definition) is 1. The fourth-order valence-electron chi connectivity index (χ4n) is 3.09. The van der Waals surface area contributed by atoms with E-state index >= 15 is 0 Å². The van der Waals surface area contributed by atoms with Gasteiger partial charge in [-0.1, -0.05) is 30.3 Å². The van der Waals surface area contributed by atoms with Gasteiger partial charge in [0.15, 0.2) is 11.6 Å². The molecule has 4 nitrogen and oxygen atoms in total. The molecule has 1 N–H and O–H groups in total. The lowest BCUT2D eigenvalue weighted by molar-refractivity contribution is 0.194. The van der Waals surface area contributed by atoms with Crippen LogP contribution >= 0.6 is 0 Å². The predicted octanol–water partition coefficient (Wildman–Crippen LogP) is 3.43. The molecule has 1 heterocycles. The van der Waals surface area contributed by atoms with Gasteiger partial charge in [-0.25, -0.2) is 13.6 Å². The summed E-state index contributed by atoms with van der Waals surface area (Å²) in [5.41, 5.74) is 1.91. The molecule has 1 fully saturated rings. The van der Waals surface area contributed by atoms with Crippen LogP contribution in [0.25, 0.3) is 0 Å². The van der Waals surface area contributed by atoms with E-state index in [1.165, 1.54) is 11.6 Å². The minimum Gasteiger partial charge on any atom is -0.368 e. The molecular formula is C20H23F2N3O. The fraction of sp³-hybridized carbons (Fsp3) is 0.350. The third-order valence-electron chi connectivity index (χ3n) is 4.60. The number of nitrogens with one attached hydrogen (secondary N) is 1. The van der Waals surface area contributed by atoms with Gasteiger partial charge < -0.3 is 15.1 Å². The lowest BCUT2D eigenvalue weighted by Crippen LogP contribution is -2.52. The van der Waals surface area contributed by atoms with Gasteiger partial charge in [0.2, 0.25) is 0 Å². The number of anilines is 1. The molecule has 0 atom stereocenters. The minimum atomic E-state index is -0.846. The van der Waals surface area contributed by atoms with Crippen molar-refractivity contribution in [2.75, 3.05) is 37.6 Å². The smallest absolute Gasteiger partial charge is 0.317 e. The second kappa shape index (κ2) is 8.65. The zero-order valence-electron chi connectivity index (χ0n) is 14.6. The van der Waals surface area contributed by atoms with Gasteiger partial charge in [-0.15, -0.1) is 0 Å². The number of nitrogens with zero attached hydrogens (tertiary/aromatic N) is 2. The van der Waals surface area contributed by atoms with Crippen molar-refractivity contribution in [3.63, 3.8) is 0 Å². The third kappa shape index (κ3) is 4.71. The first kappa shape index (κ1) is 18.2. The zero-order valence-corrected chi connectivity index (χ0v) is 14.6. The maximum absolute atomic E-state index is 13.4. The van der Waals surface area contributed by atoms with E-state index in [1.54, 1.807) is 11.0 Å². The summed E-state index contributed by atoms with van der Waals surface area (Å²) in [6.45, 7) is 2.95. The van der Waals surface area contributed by atoms with Crippen LogP contribution in [0.4, 0.5) is 19.3 Å². The molecule has 26 heavy (non-hydrogen) atoms. The van der Waals surface area contributed by atoms with Crippen molar-refractivity contribution in [2.45, 2.75) is 12.8 Å². The van der Waals surface area contributed by atoms with Crippen LogP contribution in [0.15, 0.2) is 48.5 Å². The number of carbonyl (C=O) groups is 1. The Hall–Kier alpha value is -2.63. The molecule has 0 spiro atoms. The molecule has 138 valence electrons. The second-order valence-corrected chi connectivity index (χ2v) is 6.39. The standard InChI is InChI=1S/C20H23F2N3O/c21-18-9-8-17(15-19(18)22)24-11-13-25(14-12-24)20(26)23-10-4-7-16-5-2-1-3-6-16/h1-3,5-6,8-9,15H,4,7,10-14H2,(H,23,26). The number of halogens is 2. The van der Waals surface area contributed by atoms with Crippen LogP contribution in [0.5, 0.6) is 0 Å². The molecule has 1 saturated heterocycles. The number of hydrogen-bond acceptors (Lipinski definition) is 2. The summed E-state index contributed by atoms with van der Waals surface area (Å²) < 4.78 is 26.4. The summed E-state index contributed by atoms with van der Waals surface area (Å²) >= 11 is 0. The van der Waals surface area contributed by atoms with Crippen LogP contribution in [0.2, 0.25) is 0 Å². The van der Waals surface area contributed by atoms with E-state index in [9.17, 15) is 13.6 Å². The maximum Gasteiger partial charge on any atom is 0.317 e. The number of benzene rings is 2. The van der Waals surface area contributed by atoms with Crippen LogP contribution in [0.1, 0.15) is 12.0 Å². The van der Waals surface area contributed by atoms with Crippen molar-refractivity contribution >= 4 is 11.7 Å². The average Bonchev–Trinajstić information content (AvgIpc) is 2.68. The molecule has 0 aromatic heterocycles. The Balaban J connectivity index is 1.40. The highest BCUT2D eigenvalue weighted by Gasteiger charge is 2.21. The normalized spacial score (nSPS) is 14.4. The molecular weight excluding hydrogens is 336 g/mol. The molecule has 6 heteroatoms. The van der Waals surface area contributed by atoms with Crippen molar-refractivity contribution in [2.24, 2.45) is 0 Å². The maximum atomic E-state index is 13.4. The molecule has 0 radical (unpaired) electrons. The van der Waals surface area contributed by atoms with Crippen molar-refractivity contribution in [1.29, 1.82) is 0 Å². The summed E-state index contributed by atoms with van der Waals surface area (Å²) in [6.07, 6.45) is 1.83. The molecule has 0 bridgehead atoms. The Labute approximate surface area is 152 Å². The second-order valence-electron chi connectivity index (χ2n) is 6.39. The third-order valence-corrected chi connectivity index (χ3v) is 4.60. The molecule has 3 rings (SSSR count). The largest absolute Gasteiger partial charge is 0.368 e. The number of amides is 2. The van der Waals surface area contributed by atoms with Crippen molar-refractivity contribution < 1.29 is 13.6 Å². The molecule has 1 aliphatic rings. The van der Waals surface area contributed by atoms with Crippen molar-refractivity contribution in [3.05, 3.63) is 65.7 Å². The topological polar surface area (TPSA) is 35.6 Å². The van der Waals surface area contributed by atoms with E-state index in [2.05, 4.69) is 17.4 Å². The van der Waals surface area contributed by atoms with Gasteiger partial charge in [0.1, 0.15) is 0 Å². The summed E-state index contributed by atoms with van der Waals surface area (Å²) in [5, 5.41) is 2.95. The van der Waals surface area contributed by atoms with Gasteiger partial charge in [0, 0.05) is 44.5 Å². The van der Waals surface area contributed by atoms with E-state index < -0.39 is 11.6 Å². The molecule has 0 saturated carbocycles. The van der Waals surface area contributed by atoms with Gasteiger partial charge in [0.25, 0.3) is 0 Å². The lowest BCUT2D eigenvalue weighted by Gasteiger charge is -2.36. The van der Waals surface area contributed by atoms with E-state index in [4.69, 9.17) is 0 Å². The summed E-state index contributed by atoms with van der Waals surface area (Å²) in [5.74, 6) is -1.69.